The van der Waals surface area contributed by atoms with Crippen LogP contribution in [0.3, 0.4) is 0 Å². The maximum Gasteiger partial charge on any atom is 0.240 e. The van der Waals surface area contributed by atoms with Gasteiger partial charge in [0.25, 0.3) is 0 Å². The van der Waals surface area contributed by atoms with E-state index in [1.54, 1.807) is 18.1 Å². The maximum absolute atomic E-state index is 13.5. The van der Waals surface area contributed by atoms with E-state index < -0.39 is 24.2 Å². The average Bonchev–Trinajstić information content (AvgIpc) is 3.54. The molecule has 1 aliphatic rings. The van der Waals surface area contributed by atoms with Crippen LogP contribution in [0.1, 0.15) is 34.7 Å². The molecule has 4 aromatic rings. The molecule has 8 heteroatoms. The Morgan fingerprint density at radius 3 is 2.44 bits per heavy atom. The van der Waals surface area contributed by atoms with E-state index in [2.05, 4.69) is 22.1 Å². The molecule has 41 heavy (non-hydrogen) atoms. The van der Waals surface area contributed by atoms with Gasteiger partial charge < -0.3 is 20.5 Å². The molecule has 0 spiro atoms. The Morgan fingerprint density at radius 1 is 1.10 bits per heavy atom. The van der Waals surface area contributed by atoms with Crippen molar-refractivity contribution in [1.29, 1.82) is 0 Å². The fourth-order valence-corrected chi connectivity index (χ4v) is 5.25. The molecule has 1 saturated heterocycles. The first-order valence-corrected chi connectivity index (χ1v) is 13.8. The molecule has 1 aliphatic heterocycles. The molecule has 1 amide bonds. The van der Waals surface area contributed by atoms with Gasteiger partial charge in [-0.2, -0.15) is 5.06 Å². The van der Waals surface area contributed by atoms with Gasteiger partial charge in [0, 0.05) is 40.7 Å². The molecule has 0 radical (unpaired) electrons. The zero-order valence-corrected chi connectivity index (χ0v) is 23.1. The normalized spacial score (nSPS) is 19.6. The highest BCUT2D eigenvalue weighted by atomic mass is 19.1. The van der Waals surface area contributed by atoms with Crippen LogP contribution in [0.25, 0.3) is 10.9 Å². The lowest BCUT2D eigenvalue weighted by atomic mass is 9.92. The standard InChI is InChI=1S/C33H34FN3O4/c1-21-3-5-23(6-4-21)7-8-24-9-11-25(12-10-24)19-37-31(29(20-38)32(41-37)22(2)39)33(40)35-16-15-26-18-36-30-17-27(34)13-14-28(26)30/h3-6,9-14,17-18,22,29,31-32,36,38-39H,15-16,19-20H2,1-2H3,(H,35,40)/t22-,29-,31-,32-/m0/s1. The van der Waals surface area contributed by atoms with E-state index in [9.17, 15) is 19.4 Å². The van der Waals surface area contributed by atoms with Crippen molar-refractivity contribution in [3.63, 3.8) is 0 Å². The number of benzene rings is 3. The SMILES string of the molecule is Cc1ccc(C#Cc2ccc(CN3O[C@@H]([C@H](C)O)[C@@H](CO)[C@H]3C(=O)NCCc3c[nH]c4cc(F)ccc34)cc2)cc1. The minimum absolute atomic E-state index is 0.289. The Hall–Kier alpha value is -4.00. The number of carbonyl (C=O) groups is 1. The Bertz CT molecular complexity index is 1550. The molecule has 1 aromatic heterocycles. The van der Waals surface area contributed by atoms with E-state index in [-0.39, 0.29) is 24.9 Å². The van der Waals surface area contributed by atoms with Gasteiger partial charge in [0.05, 0.1) is 19.3 Å². The number of aryl methyl sites for hydroxylation is 1. The van der Waals surface area contributed by atoms with Crippen molar-refractivity contribution in [3.05, 3.63) is 107 Å². The van der Waals surface area contributed by atoms with Crippen molar-refractivity contribution in [1.82, 2.24) is 15.4 Å². The number of aromatic nitrogens is 1. The van der Waals surface area contributed by atoms with Gasteiger partial charge >= 0.3 is 0 Å². The lowest BCUT2D eigenvalue weighted by Gasteiger charge is -2.24. The number of halogens is 1. The minimum atomic E-state index is -0.876. The van der Waals surface area contributed by atoms with Crippen LogP contribution in [-0.2, 0) is 22.6 Å². The molecule has 3 aromatic carbocycles. The van der Waals surface area contributed by atoms with Crippen LogP contribution in [0.4, 0.5) is 4.39 Å². The third-order valence-electron chi connectivity index (χ3n) is 7.47. The zero-order chi connectivity index (χ0) is 28.9. The number of aromatic amines is 1. The number of H-pyrrole nitrogens is 1. The Balaban J connectivity index is 1.26. The second-order valence-corrected chi connectivity index (χ2v) is 10.5. The Kier molecular flexibility index (Phi) is 8.81. The van der Waals surface area contributed by atoms with Crippen molar-refractivity contribution in [2.45, 2.75) is 45.1 Å². The molecule has 4 atom stereocenters. The third-order valence-corrected chi connectivity index (χ3v) is 7.47. The van der Waals surface area contributed by atoms with Crippen LogP contribution in [0.2, 0.25) is 0 Å². The van der Waals surface area contributed by atoms with E-state index >= 15 is 0 Å². The maximum atomic E-state index is 13.5. The molecule has 0 bridgehead atoms. The van der Waals surface area contributed by atoms with Crippen LogP contribution >= 0.6 is 0 Å². The minimum Gasteiger partial charge on any atom is -0.396 e. The summed E-state index contributed by atoms with van der Waals surface area (Å²) in [5.74, 6) is 5.12. The molecular weight excluding hydrogens is 521 g/mol. The van der Waals surface area contributed by atoms with Crippen LogP contribution in [0, 0.1) is 30.5 Å². The smallest absolute Gasteiger partial charge is 0.240 e. The molecule has 0 saturated carbocycles. The molecule has 4 N–H and O–H groups in total. The first-order chi connectivity index (χ1) is 19.8. The van der Waals surface area contributed by atoms with Gasteiger partial charge in [-0.15, -0.1) is 0 Å². The van der Waals surface area contributed by atoms with Gasteiger partial charge in [0.2, 0.25) is 5.91 Å². The van der Waals surface area contributed by atoms with E-state index in [0.717, 1.165) is 27.6 Å². The molecule has 1 fully saturated rings. The predicted molar refractivity (Wildman–Crippen MR) is 155 cm³/mol. The lowest BCUT2D eigenvalue weighted by molar-refractivity contribution is -0.192. The average molecular weight is 556 g/mol. The van der Waals surface area contributed by atoms with Crippen LogP contribution in [0.5, 0.6) is 0 Å². The highest BCUT2D eigenvalue weighted by molar-refractivity contribution is 5.84. The number of hydrogen-bond acceptors (Lipinski definition) is 5. The second-order valence-electron chi connectivity index (χ2n) is 10.5. The number of hydrogen-bond donors (Lipinski definition) is 4. The summed E-state index contributed by atoms with van der Waals surface area (Å²) in [5.41, 5.74) is 5.56. The van der Waals surface area contributed by atoms with Gasteiger partial charge in [0.1, 0.15) is 18.0 Å². The second kappa shape index (κ2) is 12.7. The molecule has 212 valence electrons. The van der Waals surface area contributed by atoms with Crippen molar-refractivity contribution >= 4 is 16.8 Å². The van der Waals surface area contributed by atoms with E-state index in [1.807, 2.05) is 61.7 Å². The zero-order valence-electron chi connectivity index (χ0n) is 23.1. The largest absolute Gasteiger partial charge is 0.396 e. The number of nitrogens with one attached hydrogen (secondary N) is 2. The third kappa shape index (κ3) is 6.67. The molecule has 5 rings (SSSR count). The molecular formula is C33H34FN3O4. The monoisotopic (exact) mass is 555 g/mol. The number of rotatable bonds is 8. The van der Waals surface area contributed by atoms with Crippen LogP contribution in [-0.4, -0.2) is 57.6 Å². The van der Waals surface area contributed by atoms with Gasteiger partial charge in [-0.1, -0.05) is 41.7 Å². The van der Waals surface area contributed by atoms with Crippen molar-refractivity contribution in [2.75, 3.05) is 13.2 Å². The summed E-state index contributed by atoms with van der Waals surface area (Å²) in [6.45, 7) is 3.95. The highest BCUT2D eigenvalue weighted by Crippen LogP contribution is 2.31. The van der Waals surface area contributed by atoms with Gasteiger partial charge in [-0.05, 0) is 73.9 Å². The first kappa shape index (κ1) is 28.5. The summed E-state index contributed by atoms with van der Waals surface area (Å²) in [6, 6.07) is 19.5. The summed E-state index contributed by atoms with van der Waals surface area (Å²) in [7, 11) is 0. The van der Waals surface area contributed by atoms with Gasteiger partial charge in [0.15, 0.2) is 0 Å². The number of fused-ring (bicyclic) bond motifs is 1. The number of aliphatic hydroxyl groups excluding tert-OH is 2. The predicted octanol–water partition coefficient (Wildman–Crippen LogP) is 3.85. The number of aliphatic hydroxyl groups is 2. The first-order valence-electron chi connectivity index (χ1n) is 13.8. The fraction of sp³-hybridized carbons (Fsp3) is 0.303. The Labute approximate surface area is 238 Å². The van der Waals surface area contributed by atoms with Crippen LogP contribution < -0.4 is 5.32 Å². The van der Waals surface area contributed by atoms with Crippen molar-refractivity contribution in [3.8, 4) is 11.8 Å². The van der Waals surface area contributed by atoms with Crippen molar-refractivity contribution in [2.24, 2.45) is 5.92 Å². The quantitative estimate of drug-likeness (QED) is 0.248. The highest BCUT2D eigenvalue weighted by Gasteiger charge is 2.48. The number of carbonyl (C=O) groups excluding carboxylic acids is 1. The fourth-order valence-electron chi connectivity index (χ4n) is 5.25. The molecule has 7 nitrogen and oxygen atoms in total. The lowest BCUT2D eigenvalue weighted by Crippen LogP contribution is -2.48. The van der Waals surface area contributed by atoms with E-state index in [1.165, 1.54) is 17.7 Å². The molecule has 2 heterocycles. The summed E-state index contributed by atoms with van der Waals surface area (Å²) < 4.78 is 13.5. The number of nitrogens with zero attached hydrogens (tertiary/aromatic N) is 1. The summed E-state index contributed by atoms with van der Waals surface area (Å²) in [4.78, 5) is 22.5. The Morgan fingerprint density at radius 2 is 1.78 bits per heavy atom. The van der Waals surface area contributed by atoms with Crippen molar-refractivity contribution < 1.29 is 24.2 Å². The topological polar surface area (TPSA) is 97.8 Å². The van der Waals surface area contributed by atoms with E-state index in [0.29, 0.717) is 18.5 Å². The summed E-state index contributed by atoms with van der Waals surface area (Å²) in [6.07, 6.45) is 0.757. The van der Waals surface area contributed by atoms with Gasteiger partial charge in [-0.25, -0.2) is 4.39 Å². The molecule has 0 unspecified atom stereocenters. The van der Waals surface area contributed by atoms with Gasteiger partial charge in [-0.3, -0.25) is 9.63 Å². The summed E-state index contributed by atoms with van der Waals surface area (Å²) >= 11 is 0. The van der Waals surface area contributed by atoms with E-state index in [4.69, 9.17) is 4.84 Å². The van der Waals surface area contributed by atoms with Crippen LogP contribution in [0.15, 0.2) is 72.9 Å². The summed E-state index contributed by atoms with van der Waals surface area (Å²) in [5, 5.41) is 25.9. The molecule has 0 aliphatic carbocycles. The number of hydroxylamine groups is 2. The number of amides is 1.